The average molecular weight is 255 g/mol. The van der Waals surface area contributed by atoms with Crippen molar-refractivity contribution in [1.82, 2.24) is 4.90 Å². The summed E-state index contributed by atoms with van der Waals surface area (Å²) in [6, 6.07) is 2.53. The van der Waals surface area contributed by atoms with Crippen LogP contribution in [0.1, 0.15) is 28.1 Å². The molecule has 0 aliphatic heterocycles. The van der Waals surface area contributed by atoms with Gasteiger partial charge in [0.15, 0.2) is 0 Å². The second-order valence-electron chi connectivity index (χ2n) is 4.27. The fourth-order valence-corrected chi connectivity index (χ4v) is 2.66. The van der Waals surface area contributed by atoms with Gasteiger partial charge in [0.2, 0.25) is 0 Å². The molecule has 0 bridgehead atoms. The number of methoxy groups -OCH3 is 1. The molecule has 0 unspecified atom stereocenters. The Kier molecular flexibility index (Phi) is 4.15. The summed E-state index contributed by atoms with van der Waals surface area (Å²) in [4.78, 5) is 13.8. The van der Waals surface area contributed by atoms with Crippen LogP contribution in [0, 0.1) is 0 Å². The highest BCUT2D eigenvalue weighted by atomic mass is 32.1. The molecule has 5 heteroatoms. The van der Waals surface area contributed by atoms with Crippen LogP contribution in [-0.4, -0.2) is 42.3 Å². The van der Waals surface area contributed by atoms with Crippen molar-refractivity contribution in [3.8, 4) is 0 Å². The third-order valence-corrected chi connectivity index (χ3v) is 3.91. The van der Waals surface area contributed by atoms with Crippen LogP contribution in [0.25, 0.3) is 0 Å². The van der Waals surface area contributed by atoms with E-state index < -0.39 is 5.97 Å². The van der Waals surface area contributed by atoms with E-state index in [4.69, 9.17) is 9.84 Å². The lowest BCUT2D eigenvalue weighted by atomic mass is 10.2. The van der Waals surface area contributed by atoms with Crippen LogP contribution in [0.5, 0.6) is 0 Å². The maximum Gasteiger partial charge on any atom is 0.346 e. The van der Waals surface area contributed by atoms with Gasteiger partial charge < -0.3 is 9.84 Å². The van der Waals surface area contributed by atoms with Crippen LogP contribution in [0.3, 0.4) is 0 Å². The number of rotatable bonds is 7. The van der Waals surface area contributed by atoms with Crippen LogP contribution in [0.2, 0.25) is 0 Å². The Morgan fingerprint density at radius 1 is 1.65 bits per heavy atom. The lowest BCUT2D eigenvalue weighted by Gasteiger charge is -2.21. The Balaban J connectivity index is 2.01. The summed E-state index contributed by atoms with van der Waals surface area (Å²) >= 11 is 1.30. The second-order valence-corrected chi connectivity index (χ2v) is 5.19. The van der Waals surface area contributed by atoms with E-state index in [1.807, 2.05) is 11.4 Å². The van der Waals surface area contributed by atoms with Gasteiger partial charge in [0, 0.05) is 26.2 Å². The minimum atomic E-state index is -0.822. The van der Waals surface area contributed by atoms with Crippen molar-refractivity contribution >= 4 is 17.3 Å². The molecule has 0 radical (unpaired) electrons. The van der Waals surface area contributed by atoms with Gasteiger partial charge in [-0.05, 0) is 29.9 Å². The molecule has 1 aromatic heterocycles. The summed E-state index contributed by atoms with van der Waals surface area (Å²) in [5.41, 5.74) is 0.922. The largest absolute Gasteiger partial charge is 0.477 e. The summed E-state index contributed by atoms with van der Waals surface area (Å²) in [7, 11) is 1.69. The van der Waals surface area contributed by atoms with Gasteiger partial charge >= 0.3 is 5.97 Å². The van der Waals surface area contributed by atoms with E-state index in [9.17, 15) is 4.79 Å². The van der Waals surface area contributed by atoms with E-state index >= 15 is 0 Å². The molecule has 4 nitrogen and oxygen atoms in total. The standard InChI is InChI=1S/C12H17NO3S/c1-16-6-5-13(10-2-3-10)8-9-4-7-17-11(9)12(14)15/h4,7,10H,2-3,5-6,8H2,1H3,(H,14,15). The first kappa shape index (κ1) is 12.5. The normalized spacial score (nSPS) is 15.4. The topological polar surface area (TPSA) is 49.8 Å². The third-order valence-electron chi connectivity index (χ3n) is 2.96. The zero-order valence-corrected chi connectivity index (χ0v) is 10.7. The van der Waals surface area contributed by atoms with Gasteiger partial charge in [0.1, 0.15) is 4.88 Å². The predicted octanol–water partition coefficient (Wildman–Crippen LogP) is 2.06. The van der Waals surface area contributed by atoms with Gasteiger partial charge in [-0.15, -0.1) is 11.3 Å². The Labute approximate surface area is 105 Å². The Morgan fingerprint density at radius 3 is 3.00 bits per heavy atom. The molecule has 1 fully saturated rings. The van der Waals surface area contributed by atoms with Gasteiger partial charge in [0.05, 0.1) is 6.61 Å². The smallest absolute Gasteiger partial charge is 0.346 e. The van der Waals surface area contributed by atoms with Crippen molar-refractivity contribution in [3.05, 3.63) is 21.9 Å². The third kappa shape index (κ3) is 3.28. The number of ether oxygens (including phenoxy) is 1. The van der Waals surface area contributed by atoms with Crippen molar-refractivity contribution in [2.24, 2.45) is 0 Å². The Morgan fingerprint density at radius 2 is 2.41 bits per heavy atom. The maximum atomic E-state index is 11.0. The van der Waals surface area contributed by atoms with Crippen LogP contribution in [0.15, 0.2) is 11.4 Å². The van der Waals surface area contributed by atoms with Crippen LogP contribution >= 0.6 is 11.3 Å². The number of hydrogen-bond donors (Lipinski definition) is 1. The zero-order chi connectivity index (χ0) is 12.3. The number of carboxylic acid groups (broad SMARTS) is 1. The molecule has 1 aliphatic rings. The van der Waals surface area contributed by atoms with E-state index in [-0.39, 0.29) is 0 Å². The monoisotopic (exact) mass is 255 g/mol. The number of aromatic carboxylic acids is 1. The van der Waals surface area contributed by atoms with Gasteiger partial charge in [-0.1, -0.05) is 0 Å². The molecular weight excluding hydrogens is 238 g/mol. The Hall–Kier alpha value is -0.910. The first-order chi connectivity index (χ1) is 8.22. The molecule has 94 valence electrons. The second kappa shape index (κ2) is 5.62. The highest BCUT2D eigenvalue weighted by molar-refractivity contribution is 7.12. The minimum Gasteiger partial charge on any atom is -0.477 e. The molecule has 1 aromatic rings. The van der Waals surface area contributed by atoms with Crippen molar-refractivity contribution in [2.45, 2.75) is 25.4 Å². The van der Waals surface area contributed by atoms with Crippen LogP contribution in [0.4, 0.5) is 0 Å². The van der Waals surface area contributed by atoms with Gasteiger partial charge in [-0.3, -0.25) is 4.90 Å². The van der Waals surface area contributed by atoms with E-state index in [1.54, 1.807) is 7.11 Å². The lowest BCUT2D eigenvalue weighted by molar-refractivity contribution is 0.0699. The summed E-state index contributed by atoms with van der Waals surface area (Å²) in [6.07, 6.45) is 2.44. The number of carboxylic acids is 1. The Bertz CT molecular complexity index is 387. The molecular formula is C12H17NO3S. The van der Waals surface area contributed by atoms with Gasteiger partial charge in [-0.25, -0.2) is 4.79 Å². The fraction of sp³-hybridized carbons (Fsp3) is 0.583. The first-order valence-electron chi connectivity index (χ1n) is 5.75. The molecule has 2 rings (SSSR count). The van der Waals surface area contributed by atoms with Crippen molar-refractivity contribution in [2.75, 3.05) is 20.3 Å². The molecule has 17 heavy (non-hydrogen) atoms. The highest BCUT2D eigenvalue weighted by Gasteiger charge is 2.29. The fourth-order valence-electron chi connectivity index (χ4n) is 1.91. The molecule has 1 heterocycles. The number of carbonyl (C=O) groups is 1. The van der Waals surface area contributed by atoms with Crippen LogP contribution in [-0.2, 0) is 11.3 Å². The molecule has 0 atom stereocenters. The number of nitrogens with zero attached hydrogens (tertiary/aromatic N) is 1. The van der Waals surface area contributed by atoms with Crippen molar-refractivity contribution in [3.63, 3.8) is 0 Å². The van der Waals surface area contributed by atoms with Gasteiger partial charge in [0.25, 0.3) is 0 Å². The predicted molar refractivity (Wildman–Crippen MR) is 66.6 cm³/mol. The number of thiophene rings is 1. The molecule has 0 saturated heterocycles. The molecule has 1 aliphatic carbocycles. The molecule has 0 spiro atoms. The van der Waals surface area contributed by atoms with E-state index in [1.165, 1.54) is 24.2 Å². The quantitative estimate of drug-likeness (QED) is 0.810. The van der Waals surface area contributed by atoms with E-state index in [0.29, 0.717) is 17.5 Å². The maximum absolute atomic E-state index is 11.0. The minimum absolute atomic E-state index is 0.466. The van der Waals surface area contributed by atoms with E-state index in [2.05, 4.69) is 4.90 Å². The van der Waals surface area contributed by atoms with Crippen molar-refractivity contribution in [1.29, 1.82) is 0 Å². The average Bonchev–Trinajstić information content (AvgIpc) is 3.03. The first-order valence-corrected chi connectivity index (χ1v) is 6.63. The highest BCUT2D eigenvalue weighted by Crippen LogP contribution is 2.29. The molecule has 1 N–H and O–H groups in total. The SMILES string of the molecule is COCCN(Cc1ccsc1C(=O)O)C1CC1. The van der Waals surface area contributed by atoms with Crippen molar-refractivity contribution < 1.29 is 14.6 Å². The van der Waals surface area contributed by atoms with E-state index in [0.717, 1.165) is 18.7 Å². The molecule has 0 aromatic carbocycles. The van der Waals surface area contributed by atoms with Gasteiger partial charge in [-0.2, -0.15) is 0 Å². The summed E-state index contributed by atoms with van der Waals surface area (Å²) < 4.78 is 5.09. The molecule has 0 amide bonds. The molecule has 1 saturated carbocycles. The summed E-state index contributed by atoms with van der Waals surface area (Å²) in [5, 5.41) is 10.9. The summed E-state index contributed by atoms with van der Waals surface area (Å²) in [5.74, 6) is -0.822. The summed E-state index contributed by atoms with van der Waals surface area (Å²) in [6.45, 7) is 2.29. The lowest BCUT2D eigenvalue weighted by Crippen LogP contribution is -2.29. The van der Waals surface area contributed by atoms with Crippen LogP contribution < -0.4 is 0 Å². The number of hydrogen-bond acceptors (Lipinski definition) is 4. The zero-order valence-electron chi connectivity index (χ0n) is 9.89.